The maximum Gasteiger partial charge on any atom is 0.258 e. The summed E-state index contributed by atoms with van der Waals surface area (Å²) < 4.78 is 34.0. The normalized spacial score (nSPS) is 26.6. The molecule has 0 spiro atoms. The van der Waals surface area contributed by atoms with E-state index in [4.69, 9.17) is 4.74 Å². The van der Waals surface area contributed by atoms with Crippen molar-refractivity contribution in [2.24, 2.45) is 11.8 Å². The molecular formula is C24H29N3O6S. The highest BCUT2D eigenvalue weighted by Crippen LogP contribution is 2.50. The molecule has 182 valence electrons. The second-order valence-electron chi connectivity index (χ2n) is 9.45. The molecule has 1 aliphatic carbocycles. The molecule has 5 rings (SSSR count). The smallest absolute Gasteiger partial charge is 0.258 e. The monoisotopic (exact) mass is 487 g/mol. The number of hydrogen-bond acceptors (Lipinski definition) is 6. The number of pyridine rings is 1. The van der Waals surface area contributed by atoms with Crippen LogP contribution in [0, 0.1) is 11.8 Å². The first-order valence-corrected chi connectivity index (χ1v) is 13.4. The number of benzene rings is 1. The molecule has 1 saturated heterocycles. The molecule has 0 bridgehead atoms. The lowest BCUT2D eigenvalue weighted by molar-refractivity contribution is -0.127. The highest BCUT2D eigenvalue weighted by molar-refractivity contribution is 7.88. The Morgan fingerprint density at radius 3 is 2.62 bits per heavy atom. The van der Waals surface area contributed by atoms with Crippen LogP contribution in [0.15, 0.2) is 41.2 Å². The Labute approximate surface area is 198 Å². The van der Waals surface area contributed by atoms with Crippen LogP contribution in [0.3, 0.4) is 0 Å². The third-order valence-electron chi connectivity index (χ3n) is 7.51. The topological polar surface area (TPSA) is 118 Å². The van der Waals surface area contributed by atoms with Gasteiger partial charge in [0.05, 0.1) is 19.4 Å². The Bertz CT molecular complexity index is 1290. The molecule has 0 unspecified atom stereocenters. The average Bonchev–Trinajstić information content (AvgIpc) is 3.31. The molecular weight excluding hydrogens is 458 g/mol. The van der Waals surface area contributed by atoms with Crippen LogP contribution >= 0.6 is 0 Å². The summed E-state index contributed by atoms with van der Waals surface area (Å²) in [6.07, 6.45) is 3.86. The van der Waals surface area contributed by atoms with E-state index in [1.165, 1.54) is 4.31 Å². The summed E-state index contributed by atoms with van der Waals surface area (Å²) in [6, 6.07) is 9.02. The zero-order chi connectivity index (χ0) is 24.2. The van der Waals surface area contributed by atoms with E-state index in [0.29, 0.717) is 22.6 Å². The average molecular weight is 488 g/mol. The summed E-state index contributed by atoms with van der Waals surface area (Å²) in [5, 5.41) is 13.2. The van der Waals surface area contributed by atoms with Gasteiger partial charge in [0.25, 0.3) is 5.56 Å². The van der Waals surface area contributed by atoms with E-state index >= 15 is 0 Å². The van der Waals surface area contributed by atoms with Crippen LogP contribution in [0.1, 0.15) is 31.0 Å². The molecule has 9 nitrogen and oxygen atoms in total. The number of amides is 1. The van der Waals surface area contributed by atoms with Crippen molar-refractivity contribution in [1.29, 1.82) is 0 Å². The molecule has 4 atom stereocenters. The van der Waals surface area contributed by atoms with Gasteiger partial charge < -0.3 is 19.7 Å². The lowest BCUT2D eigenvalue weighted by Gasteiger charge is -2.32. The molecule has 2 fully saturated rings. The van der Waals surface area contributed by atoms with Gasteiger partial charge in [0.15, 0.2) is 0 Å². The van der Waals surface area contributed by atoms with Crippen LogP contribution in [0.25, 0.3) is 11.1 Å². The number of carbonyl (C=O) groups is 1. The molecule has 34 heavy (non-hydrogen) atoms. The van der Waals surface area contributed by atoms with Crippen LogP contribution in [0.4, 0.5) is 0 Å². The van der Waals surface area contributed by atoms with Gasteiger partial charge in [-0.1, -0.05) is 12.1 Å². The van der Waals surface area contributed by atoms with Crippen LogP contribution < -0.4 is 15.6 Å². The standard InChI is InChI=1S/C24H29N3O6S/c1-33-16-8-3-5-14(11-16)17-9-10-20-21-18(12-26(20)24(17)30)19(13-28)22(27(21)34(2,31)32)23(29)25-15-6-4-7-15/h3,5,8-11,15,18-19,21-22,28H,4,6-7,12-13H2,1-2H3,(H,25,29)/t18-,19-,21+,22-/m1/s1. The fraction of sp³-hybridized carbons (Fsp3) is 0.500. The first-order valence-electron chi connectivity index (χ1n) is 11.5. The number of rotatable bonds is 6. The van der Waals surface area contributed by atoms with Gasteiger partial charge in [-0.3, -0.25) is 9.59 Å². The maximum absolute atomic E-state index is 13.5. The van der Waals surface area contributed by atoms with E-state index < -0.39 is 28.0 Å². The maximum atomic E-state index is 13.5. The number of aliphatic hydroxyl groups is 1. The fourth-order valence-electron chi connectivity index (χ4n) is 5.66. The number of nitrogens with one attached hydrogen (secondary N) is 1. The first kappa shape index (κ1) is 23.1. The molecule has 1 aromatic carbocycles. The third kappa shape index (κ3) is 3.64. The van der Waals surface area contributed by atoms with Crippen molar-refractivity contribution in [3.05, 3.63) is 52.4 Å². The fourth-order valence-corrected chi connectivity index (χ4v) is 7.00. The number of methoxy groups -OCH3 is 1. The molecule has 1 saturated carbocycles. The van der Waals surface area contributed by atoms with Crippen molar-refractivity contribution >= 4 is 15.9 Å². The summed E-state index contributed by atoms with van der Waals surface area (Å²) in [4.78, 5) is 26.6. The van der Waals surface area contributed by atoms with Gasteiger partial charge in [-0.15, -0.1) is 0 Å². The Morgan fingerprint density at radius 1 is 1.24 bits per heavy atom. The van der Waals surface area contributed by atoms with E-state index in [2.05, 4.69) is 5.32 Å². The minimum atomic E-state index is -3.82. The predicted molar refractivity (Wildman–Crippen MR) is 126 cm³/mol. The molecule has 10 heteroatoms. The van der Waals surface area contributed by atoms with Crippen molar-refractivity contribution in [3.63, 3.8) is 0 Å². The minimum Gasteiger partial charge on any atom is -0.497 e. The Balaban J connectivity index is 1.57. The summed E-state index contributed by atoms with van der Waals surface area (Å²) >= 11 is 0. The van der Waals surface area contributed by atoms with E-state index in [-0.39, 0.29) is 36.6 Å². The Morgan fingerprint density at radius 2 is 2.00 bits per heavy atom. The summed E-state index contributed by atoms with van der Waals surface area (Å²) in [7, 11) is -2.26. The largest absolute Gasteiger partial charge is 0.497 e. The van der Waals surface area contributed by atoms with E-state index in [0.717, 1.165) is 25.5 Å². The molecule has 1 aromatic heterocycles. The molecule has 2 aliphatic heterocycles. The highest BCUT2D eigenvalue weighted by atomic mass is 32.2. The predicted octanol–water partition coefficient (Wildman–Crippen LogP) is 1.12. The van der Waals surface area contributed by atoms with Crippen LogP contribution in [0.2, 0.25) is 0 Å². The second kappa shape index (κ2) is 8.51. The minimum absolute atomic E-state index is 0.0500. The van der Waals surface area contributed by atoms with Crippen LogP contribution in [-0.2, 0) is 21.4 Å². The number of nitrogens with zero attached hydrogens (tertiary/aromatic N) is 2. The molecule has 0 radical (unpaired) electrons. The van der Waals surface area contributed by atoms with Crippen molar-refractivity contribution in [2.75, 3.05) is 20.0 Å². The van der Waals surface area contributed by atoms with Gasteiger partial charge in [0, 0.05) is 42.3 Å². The number of aromatic nitrogens is 1. The number of carbonyl (C=O) groups excluding carboxylic acids is 1. The number of hydrogen-bond donors (Lipinski definition) is 2. The zero-order valence-electron chi connectivity index (χ0n) is 19.2. The van der Waals surface area contributed by atoms with Crippen molar-refractivity contribution in [2.45, 2.75) is 43.9 Å². The summed E-state index contributed by atoms with van der Waals surface area (Å²) in [5.74, 6) is -0.738. The number of sulfonamides is 1. The van der Waals surface area contributed by atoms with Crippen molar-refractivity contribution in [1.82, 2.24) is 14.2 Å². The quantitative estimate of drug-likeness (QED) is 0.631. The highest BCUT2D eigenvalue weighted by Gasteiger charge is 2.59. The van der Waals surface area contributed by atoms with Crippen molar-refractivity contribution < 1.29 is 23.1 Å². The van der Waals surface area contributed by atoms with Gasteiger partial charge in [-0.05, 0) is 49.1 Å². The molecule has 2 N–H and O–H groups in total. The van der Waals surface area contributed by atoms with Crippen LogP contribution in [-0.4, -0.2) is 60.4 Å². The zero-order valence-corrected chi connectivity index (χ0v) is 20.0. The van der Waals surface area contributed by atoms with E-state index in [1.54, 1.807) is 42.0 Å². The summed E-state index contributed by atoms with van der Waals surface area (Å²) in [6.45, 7) is -0.109. The summed E-state index contributed by atoms with van der Waals surface area (Å²) in [5.41, 5.74) is 1.49. The van der Waals surface area contributed by atoms with Gasteiger partial charge in [0.1, 0.15) is 11.8 Å². The molecule has 1 amide bonds. The number of ether oxygens (including phenoxy) is 1. The third-order valence-corrected chi connectivity index (χ3v) is 8.73. The van der Waals surface area contributed by atoms with Gasteiger partial charge in [-0.25, -0.2) is 8.42 Å². The van der Waals surface area contributed by atoms with Crippen LogP contribution in [0.5, 0.6) is 5.75 Å². The Kier molecular flexibility index (Phi) is 5.78. The molecule has 2 aromatic rings. The second-order valence-corrected chi connectivity index (χ2v) is 11.3. The molecule has 3 heterocycles. The first-order chi connectivity index (χ1) is 16.2. The lowest BCUT2D eigenvalue weighted by Crippen LogP contribution is -2.53. The Hall–Kier alpha value is -2.69. The van der Waals surface area contributed by atoms with Gasteiger partial charge >= 0.3 is 0 Å². The van der Waals surface area contributed by atoms with E-state index in [1.807, 2.05) is 6.07 Å². The number of fused-ring (bicyclic) bond motifs is 3. The van der Waals surface area contributed by atoms with E-state index in [9.17, 15) is 23.1 Å². The van der Waals surface area contributed by atoms with Gasteiger partial charge in [0.2, 0.25) is 15.9 Å². The number of aliphatic hydroxyl groups excluding tert-OH is 1. The lowest BCUT2D eigenvalue weighted by atomic mass is 9.87. The van der Waals surface area contributed by atoms with Gasteiger partial charge in [-0.2, -0.15) is 4.31 Å². The van der Waals surface area contributed by atoms with Crippen molar-refractivity contribution in [3.8, 4) is 16.9 Å². The SMILES string of the molecule is COc1cccc(-c2ccc3n(c2=O)C[C@@H]2[C@@H](CO)[C@H](C(=O)NC4CCC4)N(S(C)(=O)=O)[C@H]32)c1. The molecule has 3 aliphatic rings.